The highest BCUT2D eigenvalue weighted by Gasteiger charge is 2.20. The maximum absolute atomic E-state index is 10.2. The van der Waals surface area contributed by atoms with Crippen LogP contribution in [0.25, 0.3) is 0 Å². The molecule has 1 unspecified atom stereocenters. The number of aliphatic carboxylic acids is 2. The van der Waals surface area contributed by atoms with Gasteiger partial charge in [0.2, 0.25) is 0 Å². The average molecular weight is 422 g/mol. The topological polar surface area (TPSA) is 205 Å². The average Bonchev–Trinajstić information content (AvgIpc) is 2.10. The molecule has 0 fully saturated rings. The van der Waals surface area contributed by atoms with Crippen molar-refractivity contribution in [3.63, 3.8) is 0 Å². The lowest BCUT2D eigenvalue weighted by Gasteiger charge is -2.08. The minimum atomic E-state index is -3.81. The molecule has 144 valence electrons. The third-order valence-electron chi connectivity index (χ3n) is 1.00. The van der Waals surface area contributed by atoms with Crippen LogP contribution >= 0.6 is 13.4 Å². The standard InChI is InChI=1S/C6H10O5.2CH4.2H3O3PS/c1-2-11-4(6(9)10)3-5(7)8;;;2*1-4(2,3)5/h4H,2-3H2,1H3,(H,7,8)(H,9,10);2*1H4;2*(H3,1,2,3,5). The summed E-state index contributed by atoms with van der Waals surface area (Å²) in [5.41, 5.74) is 0. The van der Waals surface area contributed by atoms with Gasteiger partial charge in [-0.1, -0.05) is 14.9 Å². The summed E-state index contributed by atoms with van der Waals surface area (Å²) in [6.45, 7) is -5.80. The van der Waals surface area contributed by atoms with Crippen molar-refractivity contribution in [2.24, 2.45) is 0 Å². The molecule has 1 atom stereocenters. The van der Waals surface area contributed by atoms with Gasteiger partial charge in [0.15, 0.2) is 6.10 Å². The van der Waals surface area contributed by atoms with E-state index in [9.17, 15) is 9.59 Å². The molecule has 0 aliphatic heterocycles. The molecule has 8 N–H and O–H groups in total. The van der Waals surface area contributed by atoms with Crippen LogP contribution in [0.4, 0.5) is 0 Å². The Kier molecular flexibility index (Phi) is 25.1. The zero-order valence-corrected chi connectivity index (χ0v) is 13.9. The Balaban J connectivity index is -0.0000000767. The lowest BCUT2D eigenvalue weighted by atomic mass is 10.2. The molecule has 0 radical (unpaired) electrons. The lowest BCUT2D eigenvalue weighted by Crippen LogP contribution is -2.26. The van der Waals surface area contributed by atoms with Crippen molar-refractivity contribution in [2.45, 2.75) is 34.3 Å². The van der Waals surface area contributed by atoms with E-state index in [-0.39, 0.29) is 21.5 Å². The first-order valence-corrected chi connectivity index (χ1v) is 10.0. The molecule has 0 aromatic rings. The Morgan fingerprint density at radius 3 is 1.35 bits per heavy atom. The molecule has 0 aromatic heterocycles. The van der Waals surface area contributed by atoms with Gasteiger partial charge in [0.25, 0.3) is 0 Å². The molecule has 0 rings (SSSR count). The largest absolute Gasteiger partial charge is 0.481 e. The molecule has 0 saturated heterocycles. The van der Waals surface area contributed by atoms with Crippen molar-refractivity contribution < 1.29 is 53.9 Å². The predicted molar refractivity (Wildman–Crippen MR) is 90.6 cm³/mol. The lowest BCUT2D eigenvalue weighted by molar-refractivity contribution is -0.156. The minimum absolute atomic E-state index is 0. The third kappa shape index (κ3) is 72.8. The first kappa shape index (κ1) is 34.3. The van der Waals surface area contributed by atoms with Gasteiger partial charge in [0.1, 0.15) is 0 Å². The Bertz CT molecular complexity index is 368. The third-order valence-corrected chi connectivity index (χ3v) is 1.00. The van der Waals surface area contributed by atoms with Crippen LogP contribution in [0.3, 0.4) is 0 Å². The van der Waals surface area contributed by atoms with Crippen molar-refractivity contribution in [2.75, 3.05) is 6.61 Å². The molecule has 11 nitrogen and oxygen atoms in total. The van der Waals surface area contributed by atoms with Gasteiger partial charge < -0.3 is 44.3 Å². The highest BCUT2D eigenvalue weighted by molar-refractivity contribution is 8.06. The van der Waals surface area contributed by atoms with E-state index in [0.717, 1.165) is 0 Å². The van der Waals surface area contributed by atoms with Crippen LogP contribution in [-0.2, 0) is 37.9 Å². The second-order valence-corrected chi connectivity index (χ2v) is 7.90. The number of rotatable bonds is 5. The quantitative estimate of drug-likeness (QED) is 0.266. The van der Waals surface area contributed by atoms with Gasteiger partial charge in [0, 0.05) is 6.61 Å². The Morgan fingerprint density at radius 1 is 0.957 bits per heavy atom. The van der Waals surface area contributed by atoms with Gasteiger partial charge in [-0.25, -0.2) is 4.79 Å². The van der Waals surface area contributed by atoms with E-state index in [1.54, 1.807) is 6.92 Å². The minimum Gasteiger partial charge on any atom is -0.481 e. The van der Waals surface area contributed by atoms with Crippen molar-refractivity contribution in [1.29, 1.82) is 0 Å². The first-order valence-electron chi connectivity index (χ1n) is 4.70. The first-order chi connectivity index (χ1) is 9.07. The van der Waals surface area contributed by atoms with Crippen LogP contribution in [0, 0.1) is 0 Å². The molecule has 0 aliphatic carbocycles. The molecule has 0 aromatic carbocycles. The monoisotopic (exact) mass is 422 g/mol. The van der Waals surface area contributed by atoms with Crippen molar-refractivity contribution in [1.82, 2.24) is 0 Å². The fourth-order valence-corrected chi connectivity index (χ4v) is 0.577. The van der Waals surface area contributed by atoms with E-state index in [4.69, 9.17) is 39.6 Å². The van der Waals surface area contributed by atoms with E-state index in [1.807, 2.05) is 0 Å². The zero-order valence-electron chi connectivity index (χ0n) is 10.5. The Hall–Kier alpha value is -0.0400. The number of carbonyl (C=O) groups is 2. The van der Waals surface area contributed by atoms with Crippen molar-refractivity contribution >= 4 is 49.0 Å². The number of hydrogen-bond acceptors (Lipinski definition) is 5. The van der Waals surface area contributed by atoms with Crippen LogP contribution in [0.2, 0.25) is 0 Å². The molecular weight excluding hydrogens is 398 g/mol. The maximum atomic E-state index is 10.2. The van der Waals surface area contributed by atoms with Gasteiger partial charge in [-0.05, 0) is 30.5 Å². The summed E-state index contributed by atoms with van der Waals surface area (Å²) >= 11 is 7.21. The van der Waals surface area contributed by atoms with Crippen molar-refractivity contribution in [3.05, 3.63) is 0 Å². The summed E-state index contributed by atoms with van der Waals surface area (Å²) in [6.07, 6.45) is -1.72. The SMILES string of the molecule is C.C.CCOC(CC(=O)O)C(=O)O.OP(O)(O)=S.OP(O)(O)=S. The van der Waals surface area contributed by atoms with Crippen LogP contribution in [0.5, 0.6) is 0 Å². The number of carboxylic acids is 2. The van der Waals surface area contributed by atoms with Crippen LogP contribution < -0.4 is 0 Å². The van der Waals surface area contributed by atoms with Crippen LogP contribution in [0.15, 0.2) is 0 Å². The highest BCUT2D eigenvalue weighted by atomic mass is 32.5. The Morgan fingerprint density at radius 2 is 1.22 bits per heavy atom. The Labute approximate surface area is 144 Å². The number of hydrogen-bond donors (Lipinski definition) is 8. The van der Waals surface area contributed by atoms with E-state index in [1.165, 1.54) is 0 Å². The van der Waals surface area contributed by atoms with Gasteiger partial charge in [-0.15, -0.1) is 0 Å². The van der Waals surface area contributed by atoms with E-state index in [0.29, 0.717) is 0 Å². The summed E-state index contributed by atoms with van der Waals surface area (Å²) in [5.74, 6) is -2.42. The van der Waals surface area contributed by atoms with Gasteiger partial charge in [-0.2, -0.15) is 0 Å². The van der Waals surface area contributed by atoms with Gasteiger partial charge in [-0.3, -0.25) is 4.79 Å². The normalized spacial score (nSPS) is 11.1. The van der Waals surface area contributed by atoms with E-state index >= 15 is 0 Å². The molecular formula is C8H24O11P2S2. The molecule has 0 bridgehead atoms. The summed E-state index contributed by atoms with van der Waals surface area (Å²) in [7, 11) is 0. The summed E-state index contributed by atoms with van der Waals surface area (Å²) in [6, 6.07) is 0. The fourth-order valence-electron chi connectivity index (χ4n) is 0.577. The molecule has 15 heteroatoms. The van der Waals surface area contributed by atoms with Gasteiger partial charge >= 0.3 is 25.4 Å². The predicted octanol–water partition coefficient (Wildman–Crippen LogP) is -0.401. The van der Waals surface area contributed by atoms with E-state index < -0.39 is 37.9 Å². The smallest absolute Gasteiger partial charge is 0.333 e. The molecule has 0 saturated carbocycles. The number of carboxylic acid groups (broad SMARTS) is 2. The zero-order chi connectivity index (χ0) is 17.9. The van der Waals surface area contributed by atoms with Crippen molar-refractivity contribution in [3.8, 4) is 0 Å². The van der Waals surface area contributed by atoms with Crippen LogP contribution in [0.1, 0.15) is 28.2 Å². The highest BCUT2D eigenvalue weighted by Crippen LogP contribution is 2.26. The summed E-state index contributed by atoms with van der Waals surface area (Å²) < 4.78 is 4.63. The molecule has 0 aliphatic rings. The second kappa shape index (κ2) is 16.8. The fraction of sp³-hybridized carbons (Fsp3) is 0.750. The molecule has 0 amide bonds. The molecule has 0 spiro atoms. The van der Waals surface area contributed by atoms with E-state index in [2.05, 4.69) is 28.4 Å². The summed E-state index contributed by atoms with van der Waals surface area (Å²) in [5, 5.41) is 16.6. The second-order valence-electron chi connectivity index (χ2n) is 2.91. The molecule has 0 heterocycles. The number of ether oxygens (including phenoxy) is 1. The molecule has 23 heavy (non-hydrogen) atoms. The van der Waals surface area contributed by atoms with Gasteiger partial charge in [0.05, 0.1) is 6.42 Å². The van der Waals surface area contributed by atoms with Crippen LogP contribution in [-0.4, -0.2) is 64.2 Å². The summed E-state index contributed by atoms with van der Waals surface area (Å²) in [4.78, 5) is 65.6. The maximum Gasteiger partial charge on any atom is 0.333 e.